The second-order valence-corrected chi connectivity index (χ2v) is 7.81. The molecule has 0 atom stereocenters. The van der Waals surface area contributed by atoms with Crippen LogP contribution in [0.5, 0.6) is 0 Å². The number of sulfonamides is 1. The minimum atomic E-state index is -3.87. The van der Waals surface area contributed by atoms with Crippen LogP contribution in [0.3, 0.4) is 0 Å². The van der Waals surface area contributed by atoms with Gasteiger partial charge < -0.3 is 5.32 Å². The summed E-state index contributed by atoms with van der Waals surface area (Å²) in [6.07, 6.45) is 0. The fraction of sp³-hybridized carbons (Fsp3) is 0.158. The number of anilines is 2. The van der Waals surface area contributed by atoms with Gasteiger partial charge in [0.25, 0.3) is 10.0 Å². The van der Waals surface area contributed by atoms with Crippen molar-refractivity contribution in [2.45, 2.75) is 25.3 Å². The predicted molar refractivity (Wildman–Crippen MR) is 102 cm³/mol. The van der Waals surface area contributed by atoms with Gasteiger partial charge in [-0.05, 0) is 55.3 Å². The molecule has 0 saturated carbocycles. The maximum absolute atomic E-state index is 13.2. The summed E-state index contributed by atoms with van der Waals surface area (Å²) < 4.78 is 40.4. The standard InChI is InChI=1S/C19H19FN4O2S/c1-13-3-5-15(6-4-13)12-21-18-9-10-19(23-22-18)24-27(25,26)17-8-7-16(20)11-14(17)2/h3-11H,12H2,1-2H3,(H,21,22)(H,23,24). The minimum absolute atomic E-state index is 0.00716. The molecule has 1 aromatic heterocycles. The van der Waals surface area contributed by atoms with Crippen LogP contribution in [0.15, 0.2) is 59.5 Å². The van der Waals surface area contributed by atoms with E-state index in [4.69, 9.17) is 0 Å². The monoisotopic (exact) mass is 386 g/mol. The quantitative estimate of drug-likeness (QED) is 0.676. The average Bonchev–Trinajstić information content (AvgIpc) is 2.62. The van der Waals surface area contributed by atoms with E-state index in [-0.39, 0.29) is 10.7 Å². The molecule has 6 nitrogen and oxygen atoms in total. The lowest BCUT2D eigenvalue weighted by Gasteiger charge is -2.10. The average molecular weight is 386 g/mol. The lowest BCUT2D eigenvalue weighted by molar-refractivity contribution is 0.598. The van der Waals surface area contributed by atoms with Gasteiger partial charge in [0, 0.05) is 6.54 Å². The van der Waals surface area contributed by atoms with Crippen LogP contribution in [0, 0.1) is 19.7 Å². The molecule has 0 saturated heterocycles. The Kier molecular flexibility index (Phi) is 5.36. The van der Waals surface area contributed by atoms with Crippen molar-refractivity contribution >= 4 is 21.7 Å². The van der Waals surface area contributed by atoms with Crippen molar-refractivity contribution in [3.63, 3.8) is 0 Å². The highest BCUT2D eigenvalue weighted by Gasteiger charge is 2.18. The highest BCUT2D eigenvalue weighted by molar-refractivity contribution is 7.92. The molecule has 27 heavy (non-hydrogen) atoms. The van der Waals surface area contributed by atoms with Gasteiger partial charge in [0.2, 0.25) is 0 Å². The van der Waals surface area contributed by atoms with Crippen molar-refractivity contribution in [3.8, 4) is 0 Å². The fourth-order valence-corrected chi connectivity index (χ4v) is 3.71. The van der Waals surface area contributed by atoms with Crippen molar-refractivity contribution in [2.24, 2.45) is 0 Å². The molecular formula is C19H19FN4O2S. The summed E-state index contributed by atoms with van der Waals surface area (Å²) in [7, 11) is -3.87. The topological polar surface area (TPSA) is 84.0 Å². The zero-order valence-electron chi connectivity index (χ0n) is 14.9. The molecule has 1 heterocycles. The SMILES string of the molecule is Cc1ccc(CNc2ccc(NS(=O)(=O)c3ccc(F)cc3C)nn2)cc1. The van der Waals surface area contributed by atoms with Gasteiger partial charge in [0.15, 0.2) is 5.82 Å². The second kappa shape index (κ2) is 7.71. The number of rotatable bonds is 6. The van der Waals surface area contributed by atoms with Gasteiger partial charge in [-0.1, -0.05) is 29.8 Å². The van der Waals surface area contributed by atoms with Crippen LogP contribution < -0.4 is 10.0 Å². The van der Waals surface area contributed by atoms with E-state index in [2.05, 4.69) is 20.2 Å². The lowest BCUT2D eigenvalue weighted by atomic mass is 10.1. The molecule has 0 spiro atoms. The van der Waals surface area contributed by atoms with Crippen molar-refractivity contribution in [1.29, 1.82) is 0 Å². The Morgan fingerprint density at radius 2 is 1.59 bits per heavy atom. The highest BCUT2D eigenvalue weighted by Crippen LogP contribution is 2.19. The maximum atomic E-state index is 13.2. The first-order valence-electron chi connectivity index (χ1n) is 8.25. The minimum Gasteiger partial charge on any atom is -0.365 e. The Balaban J connectivity index is 1.67. The summed E-state index contributed by atoms with van der Waals surface area (Å²) in [6.45, 7) is 4.13. The summed E-state index contributed by atoms with van der Waals surface area (Å²) >= 11 is 0. The Hall–Kier alpha value is -3.00. The highest BCUT2D eigenvalue weighted by atomic mass is 32.2. The van der Waals surface area contributed by atoms with Crippen molar-refractivity contribution in [1.82, 2.24) is 10.2 Å². The van der Waals surface area contributed by atoms with Crippen molar-refractivity contribution in [3.05, 3.63) is 77.1 Å². The van der Waals surface area contributed by atoms with Crippen LogP contribution in [0.1, 0.15) is 16.7 Å². The fourth-order valence-electron chi connectivity index (χ4n) is 2.49. The number of nitrogens with zero attached hydrogens (tertiary/aromatic N) is 2. The van der Waals surface area contributed by atoms with Gasteiger partial charge in [-0.25, -0.2) is 12.8 Å². The van der Waals surface area contributed by atoms with Crippen molar-refractivity contribution < 1.29 is 12.8 Å². The number of halogens is 1. The van der Waals surface area contributed by atoms with Gasteiger partial charge >= 0.3 is 0 Å². The molecule has 3 rings (SSSR count). The second-order valence-electron chi connectivity index (χ2n) is 6.16. The summed E-state index contributed by atoms with van der Waals surface area (Å²) in [5, 5.41) is 11.0. The molecule has 0 unspecified atom stereocenters. The number of hydrogen-bond acceptors (Lipinski definition) is 5. The molecule has 0 aliphatic carbocycles. The largest absolute Gasteiger partial charge is 0.365 e. The van der Waals surface area contributed by atoms with Crippen LogP contribution in [-0.4, -0.2) is 18.6 Å². The normalized spacial score (nSPS) is 11.2. The molecule has 2 N–H and O–H groups in total. The van der Waals surface area contributed by atoms with E-state index in [0.717, 1.165) is 11.6 Å². The Morgan fingerprint density at radius 3 is 2.22 bits per heavy atom. The predicted octanol–water partition coefficient (Wildman–Crippen LogP) is 3.65. The van der Waals surface area contributed by atoms with Gasteiger partial charge in [-0.3, -0.25) is 4.72 Å². The molecule has 8 heteroatoms. The van der Waals surface area contributed by atoms with Gasteiger partial charge in [0.05, 0.1) is 4.90 Å². The Morgan fingerprint density at radius 1 is 0.926 bits per heavy atom. The number of aromatic nitrogens is 2. The third-order valence-electron chi connectivity index (χ3n) is 3.92. The molecule has 3 aromatic rings. The lowest BCUT2D eigenvalue weighted by Crippen LogP contribution is -2.16. The molecular weight excluding hydrogens is 367 g/mol. The summed E-state index contributed by atoms with van der Waals surface area (Å²) in [4.78, 5) is -0.00716. The number of aryl methyl sites for hydroxylation is 2. The first-order valence-corrected chi connectivity index (χ1v) is 9.74. The van der Waals surface area contributed by atoms with E-state index in [1.165, 1.54) is 30.7 Å². The van der Waals surface area contributed by atoms with Crippen LogP contribution in [0.25, 0.3) is 0 Å². The number of nitrogens with one attached hydrogen (secondary N) is 2. The Labute approximate surface area is 157 Å². The third-order valence-corrected chi connectivity index (χ3v) is 5.44. The third kappa shape index (κ3) is 4.79. The van der Waals surface area contributed by atoms with Gasteiger partial charge in [-0.15, -0.1) is 10.2 Å². The summed E-state index contributed by atoms with van der Waals surface area (Å²) in [6, 6.07) is 14.7. The van der Waals surface area contributed by atoms with E-state index in [1.54, 1.807) is 6.07 Å². The first-order chi connectivity index (χ1) is 12.8. The molecule has 140 valence electrons. The number of benzene rings is 2. The van der Waals surface area contributed by atoms with Gasteiger partial charge in [-0.2, -0.15) is 0 Å². The molecule has 0 amide bonds. The zero-order chi connectivity index (χ0) is 19.4. The van der Waals surface area contributed by atoms with Crippen LogP contribution >= 0.6 is 0 Å². The van der Waals surface area contributed by atoms with Crippen molar-refractivity contribution in [2.75, 3.05) is 10.0 Å². The van der Waals surface area contributed by atoms with Crippen LogP contribution in [0.4, 0.5) is 16.0 Å². The van der Waals surface area contributed by atoms with E-state index >= 15 is 0 Å². The first kappa shape index (κ1) is 18.8. The van der Waals surface area contributed by atoms with Crippen LogP contribution in [-0.2, 0) is 16.6 Å². The molecule has 0 fully saturated rings. The van der Waals surface area contributed by atoms with E-state index < -0.39 is 15.8 Å². The van der Waals surface area contributed by atoms with E-state index in [9.17, 15) is 12.8 Å². The van der Waals surface area contributed by atoms with Gasteiger partial charge in [0.1, 0.15) is 11.6 Å². The zero-order valence-corrected chi connectivity index (χ0v) is 15.7. The Bertz CT molecular complexity index is 1040. The summed E-state index contributed by atoms with van der Waals surface area (Å²) in [5.41, 5.74) is 2.59. The summed E-state index contributed by atoms with van der Waals surface area (Å²) in [5.74, 6) is 0.117. The smallest absolute Gasteiger partial charge is 0.263 e. The molecule has 0 aliphatic heterocycles. The molecule has 0 radical (unpaired) electrons. The number of hydrogen-bond donors (Lipinski definition) is 2. The molecule has 2 aromatic carbocycles. The molecule has 0 bridgehead atoms. The molecule has 0 aliphatic rings. The van der Waals surface area contributed by atoms with Crippen LogP contribution in [0.2, 0.25) is 0 Å². The van der Waals surface area contributed by atoms with E-state index in [1.807, 2.05) is 31.2 Å². The maximum Gasteiger partial charge on any atom is 0.263 e. The van der Waals surface area contributed by atoms with E-state index in [0.29, 0.717) is 17.9 Å².